The number of aryl methyl sites for hydroxylation is 1. The Morgan fingerprint density at radius 2 is 2.06 bits per heavy atom. The van der Waals surface area contributed by atoms with Crippen molar-refractivity contribution in [1.29, 1.82) is 0 Å². The molecule has 0 saturated carbocycles. The fraction of sp³-hybridized carbons (Fsp3) is 0.533. The minimum atomic E-state index is -0.279. The number of ether oxygens (including phenoxy) is 2. The number of carbonyl (C=O) groups is 1. The molecule has 0 N–H and O–H groups in total. The van der Waals surface area contributed by atoms with Gasteiger partial charge in [0.15, 0.2) is 0 Å². The zero-order valence-electron chi connectivity index (χ0n) is 11.4. The van der Waals surface area contributed by atoms with Crippen molar-refractivity contribution in [3.63, 3.8) is 0 Å². The molecule has 1 rings (SSSR count). The molecule has 0 fully saturated rings. The van der Waals surface area contributed by atoms with Crippen LogP contribution in [-0.2, 0) is 15.9 Å². The number of rotatable bonds is 7. The van der Waals surface area contributed by atoms with Crippen LogP contribution in [0.2, 0.25) is 0 Å². The topological polar surface area (TPSA) is 35.5 Å². The van der Waals surface area contributed by atoms with E-state index in [9.17, 15) is 4.79 Å². The summed E-state index contributed by atoms with van der Waals surface area (Å²) in [5.74, 6) is 0.223. The second-order valence-corrected chi connectivity index (χ2v) is 4.66. The molecule has 3 nitrogen and oxygen atoms in total. The summed E-state index contributed by atoms with van der Waals surface area (Å²) in [6, 6.07) is 7.53. The number of hydrogen-bond donors (Lipinski definition) is 0. The van der Waals surface area contributed by atoms with Crippen LogP contribution in [0.4, 0.5) is 0 Å². The molecule has 3 heteroatoms. The van der Waals surface area contributed by atoms with Gasteiger partial charge in [-0.15, -0.1) is 0 Å². The van der Waals surface area contributed by atoms with Gasteiger partial charge in [-0.05, 0) is 30.0 Å². The molecule has 0 radical (unpaired) electrons. The van der Waals surface area contributed by atoms with Crippen LogP contribution in [0, 0.1) is 5.92 Å². The Morgan fingerprint density at radius 3 is 2.72 bits per heavy atom. The van der Waals surface area contributed by atoms with Gasteiger partial charge in [0, 0.05) is 6.61 Å². The monoisotopic (exact) mass is 250 g/mol. The summed E-state index contributed by atoms with van der Waals surface area (Å²) in [6.45, 7) is 7.69. The zero-order valence-corrected chi connectivity index (χ0v) is 11.4. The lowest BCUT2D eigenvalue weighted by molar-refractivity contribution is 0.0277. The predicted octanol–water partition coefficient (Wildman–Crippen LogP) is 3.08. The van der Waals surface area contributed by atoms with E-state index < -0.39 is 0 Å². The minimum absolute atomic E-state index is 0.279. The third-order valence-corrected chi connectivity index (χ3v) is 2.48. The van der Waals surface area contributed by atoms with Crippen LogP contribution in [0.15, 0.2) is 24.3 Å². The second-order valence-electron chi connectivity index (χ2n) is 4.66. The number of esters is 1. The fourth-order valence-corrected chi connectivity index (χ4v) is 1.51. The normalized spacial score (nSPS) is 10.7. The van der Waals surface area contributed by atoms with Crippen LogP contribution in [0.3, 0.4) is 0 Å². The molecule has 0 spiro atoms. The molecule has 0 amide bonds. The Balaban J connectivity index is 2.31. The molecule has 0 aliphatic carbocycles. The summed E-state index contributed by atoms with van der Waals surface area (Å²) < 4.78 is 10.5. The molecular formula is C15H22O3. The Hall–Kier alpha value is -1.35. The van der Waals surface area contributed by atoms with E-state index in [1.54, 1.807) is 6.07 Å². The van der Waals surface area contributed by atoms with Gasteiger partial charge in [0.1, 0.15) is 6.61 Å². The first kappa shape index (κ1) is 14.7. The second kappa shape index (κ2) is 7.88. The van der Waals surface area contributed by atoms with Crippen LogP contribution < -0.4 is 0 Å². The highest BCUT2D eigenvalue weighted by Gasteiger charge is 2.07. The van der Waals surface area contributed by atoms with Crippen LogP contribution in [-0.4, -0.2) is 25.8 Å². The lowest BCUT2D eigenvalue weighted by Crippen LogP contribution is -2.12. The van der Waals surface area contributed by atoms with Crippen LogP contribution in [0.1, 0.15) is 36.7 Å². The molecule has 100 valence electrons. The molecule has 1 aromatic carbocycles. The molecule has 0 aromatic heterocycles. The molecule has 0 atom stereocenters. The fourth-order valence-electron chi connectivity index (χ4n) is 1.51. The van der Waals surface area contributed by atoms with E-state index in [1.165, 1.54) is 0 Å². The van der Waals surface area contributed by atoms with Crippen molar-refractivity contribution in [3.05, 3.63) is 35.4 Å². The van der Waals surface area contributed by atoms with Crippen molar-refractivity contribution in [2.45, 2.75) is 27.2 Å². The lowest BCUT2D eigenvalue weighted by atomic mass is 10.1. The predicted molar refractivity (Wildman–Crippen MR) is 71.8 cm³/mol. The van der Waals surface area contributed by atoms with E-state index in [-0.39, 0.29) is 5.97 Å². The van der Waals surface area contributed by atoms with Gasteiger partial charge in [0.25, 0.3) is 0 Å². The lowest BCUT2D eigenvalue weighted by Gasteiger charge is -2.08. The average molecular weight is 250 g/mol. The smallest absolute Gasteiger partial charge is 0.338 e. The standard InChI is InChI=1S/C15H22O3/c1-4-13-6-5-7-14(10-13)15(16)18-9-8-17-11-12(2)3/h5-7,10,12H,4,8-9,11H2,1-3H3. The van der Waals surface area contributed by atoms with Crippen LogP contribution in [0.25, 0.3) is 0 Å². The molecule has 1 aromatic rings. The van der Waals surface area contributed by atoms with Crippen molar-refractivity contribution in [2.24, 2.45) is 5.92 Å². The van der Waals surface area contributed by atoms with Gasteiger partial charge in [-0.3, -0.25) is 0 Å². The Kier molecular flexibility index (Phi) is 6.44. The largest absolute Gasteiger partial charge is 0.460 e. The quantitative estimate of drug-likeness (QED) is 0.551. The maximum absolute atomic E-state index is 11.7. The van der Waals surface area contributed by atoms with Gasteiger partial charge in [-0.25, -0.2) is 4.79 Å². The summed E-state index contributed by atoms with van der Waals surface area (Å²) in [6.07, 6.45) is 0.915. The molecule has 0 heterocycles. The molecule has 0 unspecified atom stereocenters. The first-order chi connectivity index (χ1) is 8.63. The molecular weight excluding hydrogens is 228 g/mol. The van der Waals surface area contributed by atoms with E-state index in [2.05, 4.69) is 20.8 Å². The Labute approximate surface area is 109 Å². The zero-order chi connectivity index (χ0) is 13.4. The SMILES string of the molecule is CCc1cccc(C(=O)OCCOCC(C)C)c1. The van der Waals surface area contributed by atoms with Crippen LogP contribution >= 0.6 is 0 Å². The van der Waals surface area contributed by atoms with Gasteiger partial charge in [0.2, 0.25) is 0 Å². The van der Waals surface area contributed by atoms with E-state index >= 15 is 0 Å². The van der Waals surface area contributed by atoms with Gasteiger partial charge < -0.3 is 9.47 Å². The summed E-state index contributed by atoms with van der Waals surface area (Å²) in [5.41, 5.74) is 1.75. The first-order valence-corrected chi connectivity index (χ1v) is 6.47. The maximum atomic E-state index is 11.7. The van der Waals surface area contributed by atoms with Crippen molar-refractivity contribution in [3.8, 4) is 0 Å². The van der Waals surface area contributed by atoms with Gasteiger partial charge in [0.05, 0.1) is 12.2 Å². The minimum Gasteiger partial charge on any atom is -0.460 e. The highest BCUT2D eigenvalue weighted by Crippen LogP contribution is 2.07. The highest BCUT2D eigenvalue weighted by molar-refractivity contribution is 5.89. The van der Waals surface area contributed by atoms with Crippen molar-refractivity contribution in [1.82, 2.24) is 0 Å². The molecule has 0 saturated heterocycles. The van der Waals surface area contributed by atoms with E-state index in [1.807, 2.05) is 18.2 Å². The molecule has 0 aliphatic rings. The molecule has 0 bridgehead atoms. The van der Waals surface area contributed by atoms with Crippen molar-refractivity contribution >= 4 is 5.97 Å². The van der Waals surface area contributed by atoms with E-state index in [0.29, 0.717) is 31.3 Å². The summed E-state index contributed by atoms with van der Waals surface area (Å²) >= 11 is 0. The van der Waals surface area contributed by atoms with Crippen molar-refractivity contribution < 1.29 is 14.3 Å². The highest BCUT2D eigenvalue weighted by atomic mass is 16.6. The van der Waals surface area contributed by atoms with E-state index in [0.717, 1.165) is 12.0 Å². The summed E-state index contributed by atoms with van der Waals surface area (Å²) in [7, 11) is 0. The number of hydrogen-bond acceptors (Lipinski definition) is 3. The van der Waals surface area contributed by atoms with Crippen molar-refractivity contribution in [2.75, 3.05) is 19.8 Å². The number of benzene rings is 1. The molecule has 18 heavy (non-hydrogen) atoms. The maximum Gasteiger partial charge on any atom is 0.338 e. The number of carbonyl (C=O) groups excluding carboxylic acids is 1. The van der Waals surface area contributed by atoms with Gasteiger partial charge in [-0.1, -0.05) is 32.9 Å². The van der Waals surface area contributed by atoms with Gasteiger partial charge in [-0.2, -0.15) is 0 Å². The molecule has 0 aliphatic heterocycles. The third-order valence-electron chi connectivity index (χ3n) is 2.48. The Bertz CT molecular complexity index is 372. The average Bonchev–Trinajstić information content (AvgIpc) is 2.37. The summed E-state index contributed by atoms with van der Waals surface area (Å²) in [5, 5.41) is 0. The van der Waals surface area contributed by atoms with Crippen LogP contribution in [0.5, 0.6) is 0 Å². The van der Waals surface area contributed by atoms with E-state index in [4.69, 9.17) is 9.47 Å². The van der Waals surface area contributed by atoms with Gasteiger partial charge >= 0.3 is 5.97 Å². The first-order valence-electron chi connectivity index (χ1n) is 6.47. The third kappa shape index (κ3) is 5.32. The summed E-state index contributed by atoms with van der Waals surface area (Å²) in [4.78, 5) is 11.7. The Morgan fingerprint density at radius 1 is 1.28 bits per heavy atom.